The maximum atomic E-state index is 12.4. The number of nitrogens with one attached hydrogen (secondary N) is 3. The molecule has 30 heavy (non-hydrogen) atoms. The molecule has 0 spiro atoms. The van der Waals surface area contributed by atoms with Gasteiger partial charge in [-0.25, -0.2) is 4.79 Å². The summed E-state index contributed by atoms with van der Waals surface area (Å²) in [5.41, 5.74) is 5.61. The lowest BCUT2D eigenvalue weighted by Crippen LogP contribution is -2.52. The summed E-state index contributed by atoms with van der Waals surface area (Å²) in [6, 6.07) is 7.63. The Labute approximate surface area is 182 Å². The van der Waals surface area contributed by atoms with E-state index in [1.54, 1.807) is 27.7 Å². The number of nitrogens with two attached hydrogens (primary N) is 1. The van der Waals surface area contributed by atoms with Crippen molar-refractivity contribution in [3.05, 3.63) is 30.3 Å². The maximum absolute atomic E-state index is 12.4. The van der Waals surface area contributed by atoms with Crippen LogP contribution < -0.4 is 21.7 Å². The van der Waals surface area contributed by atoms with Crippen molar-refractivity contribution in [3.8, 4) is 0 Å². The molecule has 0 heterocycles. The molecule has 166 valence electrons. The van der Waals surface area contributed by atoms with Crippen LogP contribution in [0.4, 0.5) is 10.5 Å². The van der Waals surface area contributed by atoms with E-state index in [4.69, 9.17) is 18.0 Å². The van der Waals surface area contributed by atoms with E-state index in [2.05, 4.69) is 16.0 Å². The molecule has 9 nitrogen and oxygen atoms in total. The van der Waals surface area contributed by atoms with Crippen molar-refractivity contribution in [2.75, 3.05) is 11.9 Å². The third kappa shape index (κ3) is 8.64. The third-order valence-electron chi connectivity index (χ3n) is 4.35. The Morgan fingerprint density at radius 1 is 1.17 bits per heavy atom. The second-order valence-electron chi connectivity index (χ2n) is 7.90. The summed E-state index contributed by atoms with van der Waals surface area (Å²) in [6.07, 6.45) is -0.451. The van der Waals surface area contributed by atoms with Crippen molar-refractivity contribution >= 4 is 40.9 Å². The molecule has 0 saturated carbocycles. The van der Waals surface area contributed by atoms with E-state index < -0.39 is 35.5 Å². The first-order valence-corrected chi connectivity index (χ1v) is 10.1. The third-order valence-corrected chi connectivity index (χ3v) is 4.57. The Balaban J connectivity index is 2.56. The molecule has 2 atom stereocenters. The number of carboxylic acid groups (broad SMARTS) is 1. The number of thiocarbonyl (C=S) groups is 1. The number of amides is 3. The van der Waals surface area contributed by atoms with Gasteiger partial charge in [-0.15, -0.1) is 0 Å². The molecule has 0 aliphatic carbocycles. The number of anilines is 1. The minimum absolute atomic E-state index is 0.220. The molecule has 3 amide bonds. The Bertz CT molecular complexity index is 751. The van der Waals surface area contributed by atoms with Crippen LogP contribution in [0.5, 0.6) is 0 Å². The second kappa shape index (κ2) is 11.3. The van der Waals surface area contributed by atoms with Crippen molar-refractivity contribution in [1.29, 1.82) is 0 Å². The Kier molecular flexibility index (Phi) is 9.51. The van der Waals surface area contributed by atoms with E-state index in [0.29, 0.717) is 6.42 Å². The first-order valence-electron chi connectivity index (χ1n) is 9.64. The zero-order chi connectivity index (χ0) is 22.9. The van der Waals surface area contributed by atoms with Crippen molar-refractivity contribution in [1.82, 2.24) is 15.5 Å². The SMILES string of the molecule is C[C@H](NC(=S)Nc1ccccc1)C(=O)N[C@@H](CCCN(C(=O)O)C(C)(C)C)C(N)=O. The summed E-state index contributed by atoms with van der Waals surface area (Å²) in [4.78, 5) is 36.9. The highest BCUT2D eigenvalue weighted by Crippen LogP contribution is 2.15. The Hall–Kier alpha value is -2.88. The Morgan fingerprint density at radius 3 is 2.27 bits per heavy atom. The van der Waals surface area contributed by atoms with Crippen molar-refractivity contribution < 1.29 is 19.5 Å². The summed E-state index contributed by atoms with van der Waals surface area (Å²) in [5, 5.41) is 18.0. The topological polar surface area (TPSA) is 137 Å². The van der Waals surface area contributed by atoms with Crippen molar-refractivity contribution in [3.63, 3.8) is 0 Å². The molecule has 0 unspecified atom stereocenters. The van der Waals surface area contributed by atoms with Crippen LogP contribution in [0.25, 0.3) is 0 Å². The number of hydrogen-bond donors (Lipinski definition) is 5. The predicted molar refractivity (Wildman–Crippen MR) is 120 cm³/mol. The van der Waals surface area contributed by atoms with Gasteiger partial charge in [0.1, 0.15) is 12.1 Å². The molecule has 0 aromatic heterocycles. The molecule has 1 aromatic carbocycles. The molecule has 0 aliphatic heterocycles. The zero-order valence-electron chi connectivity index (χ0n) is 17.8. The number of para-hydroxylation sites is 1. The highest BCUT2D eigenvalue weighted by Gasteiger charge is 2.27. The largest absolute Gasteiger partial charge is 0.465 e. The molecule has 6 N–H and O–H groups in total. The molecule has 0 aliphatic rings. The van der Waals surface area contributed by atoms with Gasteiger partial charge in [0.15, 0.2) is 5.11 Å². The van der Waals surface area contributed by atoms with Gasteiger partial charge in [-0.2, -0.15) is 0 Å². The summed E-state index contributed by atoms with van der Waals surface area (Å²) >= 11 is 5.20. The monoisotopic (exact) mass is 437 g/mol. The van der Waals surface area contributed by atoms with Crippen LogP contribution in [0.15, 0.2) is 30.3 Å². The van der Waals surface area contributed by atoms with Crippen molar-refractivity contribution in [2.45, 2.75) is 58.2 Å². The highest BCUT2D eigenvalue weighted by atomic mass is 32.1. The lowest BCUT2D eigenvalue weighted by atomic mass is 10.0. The molecule has 1 aromatic rings. The number of carbonyl (C=O) groups is 3. The molecule has 0 bridgehead atoms. The van der Waals surface area contributed by atoms with E-state index in [-0.39, 0.29) is 18.1 Å². The summed E-state index contributed by atoms with van der Waals surface area (Å²) in [6.45, 7) is 7.19. The normalized spacial score (nSPS) is 12.9. The fraction of sp³-hybridized carbons (Fsp3) is 0.500. The average molecular weight is 438 g/mol. The van der Waals surface area contributed by atoms with Crippen LogP contribution >= 0.6 is 12.2 Å². The van der Waals surface area contributed by atoms with Crippen LogP contribution in [-0.2, 0) is 9.59 Å². The van der Waals surface area contributed by atoms with E-state index in [1.165, 1.54) is 4.90 Å². The van der Waals surface area contributed by atoms with Gasteiger partial charge in [0.25, 0.3) is 0 Å². The molecule has 0 saturated heterocycles. The first kappa shape index (κ1) is 25.2. The number of benzene rings is 1. The van der Waals surface area contributed by atoms with Crippen LogP contribution in [0.1, 0.15) is 40.5 Å². The van der Waals surface area contributed by atoms with E-state index in [0.717, 1.165) is 5.69 Å². The van der Waals surface area contributed by atoms with Gasteiger partial charge in [0.2, 0.25) is 11.8 Å². The number of primary amides is 1. The predicted octanol–water partition coefficient (Wildman–Crippen LogP) is 1.89. The minimum atomic E-state index is -1.04. The molecule has 0 fully saturated rings. The molecular formula is C20H31N5O4S. The Morgan fingerprint density at radius 2 is 1.77 bits per heavy atom. The number of rotatable bonds is 9. The summed E-state index contributed by atoms with van der Waals surface area (Å²) in [5.74, 6) is -1.12. The van der Waals surface area contributed by atoms with Gasteiger partial charge in [-0.3, -0.25) is 9.59 Å². The molecule has 1 rings (SSSR count). The summed E-state index contributed by atoms with van der Waals surface area (Å²) < 4.78 is 0. The van der Waals surface area contributed by atoms with Crippen LogP contribution in [-0.4, -0.2) is 57.2 Å². The molecule has 0 radical (unpaired) electrons. The molecular weight excluding hydrogens is 406 g/mol. The number of nitrogens with zero attached hydrogens (tertiary/aromatic N) is 1. The van der Waals surface area contributed by atoms with Gasteiger partial charge in [0.05, 0.1) is 0 Å². The lowest BCUT2D eigenvalue weighted by molar-refractivity contribution is -0.128. The van der Waals surface area contributed by atoms with E-state index in [9.17, 15) is 19.5 Å². The number of hydrogen-bond acceptors (Lipinski definition) is 4. The fourth-order valence-corrected chi connectivity index (χ4v) is 3.00. The van der Waals surface area contributed by atoms with Gasteiger partial charge < -0.3 is 31.7 Å². The van der Waals surface area contributed by atoms with Crippen LogP contribution in [0.3, 0.4) is 0 Å². The van der Waals surface area contributed by atoms with Gasteiger partial charge >= 0.3 is 6.09 Å². The van der Waals surface area contributed by atoms with Crippen LogP contribution in [0.2, 0.25) is 0 Å². The average Bonchev–Trinajstić information content (AvgIpc) is 2.62. The number of carbonyl (C=O) groups excluding carboxylic acids is 2. The smallest absolute Gasteiger partial charge is 0.407 e. The van der Waals surface area contributed by atoms with Crippen molar-refractivity contribution in [2.24, 2.45) is 5.73 Å². The second-order valence-corrected chi connectivity index (χ2v) is 8.31. The highest BCUT2D eigenvalue weighted by molar-refractivity contribution is 7.80. The zero-order valence-corrected chi connectivity index (χ0v) is 18.6. The maximum Gasteiger partial charge on any atom is 0.407 e. The van der Waals surface area contributed by atoms with E-state index >= 15 is 0 Å². The quantitative estimate of drug-likeness (QED) is 0.372. The first-order chi connectivity index (χ1) is 13.9. The summed E-state index contributed by atoms with van der Waals surface area (Å²) in [7, 11) is 0. The lowest BCUT2D eigenvalue weighted by Gasteiger charge is -2.33. The van der Waals surface area contributed by atoms with Gasteiger partial charge in [-0.1, -0.05) is 18.2 Å². The van der Waals surface area contributed by atoms with Gasteiger partial charge in [-0.05, 0) is 64.9 Å². The van der Waals surface area contributed by atoms with E-state index in [1.807, 2.05) is 30.3 Å². The standard InChI is InChI=1S/C20H31N5O4S/c1-13(22-18(30)23-14-9-6-5-7-10-14)17(27)24-15(16(21)26)11-8-12-25(19(28)29)20(2,3)4/h5-7,9-10,13,15H,8,11-12H2,1-4H3,(H2,21,26)(H,24,27)(H,28,29)(H2,22,23,30)/t13-,15-/m0/s1. The van der Waals surface area contributed by atoms with Gasteiger partial charge in [0, 0.05) is 17.8 Å². The minimum Gasteiger partial charge on any atom is -0.465 e. The molecule has 10 heteroatoms. The fourth-order valence-electron chi connectivity index (χ4n) is 2.70. The van der Waals surface area contributed by atoms with Crippen LogP contribution in [0, 0.1) is 0 Å².